The first-order valence-electron chi connectivity index (χ1n) is 9.29. The maximum atomic E-state index is 12.9. The molecule has 0 bridgehead atoms. The maximum Gasteiger partial charge on any atom is 0.416 e. The van der Waals surface area contributed by atoms with E-state index in [1.165, 1.54) is 23.5 Å². The number of fused-ring (bicyclic) bond motifs is 1. The number of benzene rings is 2. The summed E-state index contributed by atoms with van der Waals surface area (Å²) in [7, 11) is 0. The van der Waals surface area contributed by atoms with E-state index in [2.05, 4.69) is 10.3 Å². The number of hydrogen-bond acceptors (Lipinski definition) is 5. The molecule has 1 fully saturated rings. The van der Waals surface area contributed by atoms with E-state index < -0.39 is 11.7 Å². The number of nitrogens with one attached hydrogen (secondary N) is 1. The number of nitrogens with zero attached hydrogens (tertiary/aromatic N) is 3. The third-order valence-corrected chi connectivity index (χ3v) is 6.14. The van der Waals surface area contributed by atoms with E-state index in [0.717, 1.165) is 10.8 Å². The van der Waals surface area contributed by atoms with Gasteiger partial charge in [0.25, 0.3) is 0 Å². The Hall–Kier alpha value is -2.36. The quantitative estimate of drug-likeness (QED) is 0.619. The van der Waals surface area contributed by atoms with Crippen LogP contribution in [-0.4, -0.2) is 48.5 Å². The number of hydrogen-bond donors (Lipinski definition) is 1. The lowest BCUT2D eigenvalue weighted by molar-refractivity contribution is -0.137. The number of alkyl halides is 3. The highest BCUT2D eigenvalue weighted by Gasteiger charge is 2.31. The third-order valence-electron chi connectivity index (χ3n) is 4.89. The minimum absolute atomic E-state index is 0.183. The van der Waals surface area contributed by atoms with Crippen LogP contribution in [0.3, 0.4) is 0 Å². The fourth-order valence-corrected chi connectivity index (χ4v) is 4.56. The van der Waals surface area contributed by atoms with Gasteiger partial charge in [-0.1, -0.05) is 35.1 Å². The van der Waals surface area contributed by atoms with E-state index in [9.17, 15) is 18.0 Å². The summed E-state index contributed by atoms with van der Waals surface area (Å²) in [6, 6.07) is 10.8. The van der Waals surface area contributed by atoms with Crippen molar-refractivity contribution in [3.8, 4) is 0 Å². The predicted molar refractivity (Wildman–Crippen MR) is 113 cm³/mol. The summed E-state index contributed by atoms with van der Waals surface area (Å²) >= 11 is 7.47. The van der Waals surface area contributed by atoms with Gasteiger partial charge >= 0.3 is 6.18 Å². The van der Waals surface area contributed by atoms with E-state index in [0.29, 0.717) is 47.5 Å². The van der Waals surface area contributed by atoms with Crippen molar-refractivity contribution in [1.29, 1.82) is 0 Å². The molecule has 1 aliphatic rings. The van der Waals surface area contributed by atoms with Crippen molar-refractivity contribution in [2.24, 2.45) is 0 Å². The van der Waals surface area contributed by atoms with Gasteiger partial charge in [0.2, 0.25) is 5.91 Å². The first-order valence-corrected chi connectivity index (χ1v) is 10.5. The second kappa shape index (κ2) is 8.41. The Morgan fingerprint density at radius 1 is 1.13 bits per heavy atom. The lowest BCUT2D eigenvalue weighted by Gasteiger charge is -2.35. The average Bonchev–Trinajstić information content (AvgIpc) is 3.12. The third kappa shape index (κ3) is 4.69. The number of carbonyl (C=O) groups is 1. The minimum Gasteiger partial charge on any atom is -0.369 e. The number of anilines is 2. The molecule has 5 nitrogen and oxygen atoms in total. The molecule has 0 aliphatic carbocycles. The van der Waals surface area contributed by atoms with Gasteiger partial charge in [0.15, 0.2) is 5.13 Å². The molecule has 158 valence electrons. The maximum absolute atomic E-state index is 12.9. The smallest absolute Gasteiger partial charge is 0.369 e. The Balaban J connectivity index is 1.32. The predicted octanol–water partition coefficient (Wildman–Crippen LogP) is 4.73. The topological polar surface area (TPSA) is 48.5 Å². The number of amides is 1. The van der Waals surface area contributed by atoms with Crippen LogP contribution in [0.4, 0.5) is 24.0 Å². The zero-order chi connectivity index (χ0) is 21.3. The van der Waals surface area contributed by atoms with Crippen molar-refractivity contribution in [1.82, 2.24) is 9.88 Å². The summed E-state index contributed by atoms with van der Waals surface area (Å²) < 4.78 is 39.7. The second-order valence-electron chi connectivity index (χ2n) is 6.97. The number of aromatic nitrogens is 1. The van der Waals surface area contributed by atoms with Crippen LogP contribution in [0.25, 0.3) is 10.2 Å². The number of rotatable bonds is 4. The number of halogens is 4. The van der Waals surface area contributed by atoms with Crippen LogP contribution in [0.2, 0.25) is 5.02 Å². The van der Waals surface area contributed by atoms with Crippen LogP contribution in [0.1, 0.15) is 5.56 Å². The highest BCUT2D eigenvalue weighted by Crippen LogP contribution is 2.32. The lowest BCUT2D eigenvalue weighted by Crippen LogP contribution is -2.48. The summed E-state index contributed by atoms with van der Waals surface area (Å²) in [5, 5.41) is 3.83. The molecule has 4 rings (SSSR count). The van der Waals surface area contributed by atoms with Gasteiger partial charge in [-0.2, -0.15) is 13.2 Å². The van der Waals surface area contributed by atoms with Crippen molar-refractivity contribution in [3.63, 3.8) is 0 Å². The summed E-state index contributed by atoms with van der Waals surface area (Å²) in [6.07, 6.45) is -4.36. The van der Waals surface area contributed by atoms with Crippen molar-refractivity contribution in [2.75, 3.05) is 42.9 Å². The van der Waals surface area contributed by atoms with Gasteiger partial charge in [0.1, 0.15) is 5.52 Å². The van der Waals surface area contributed by atoms with Crippen LogP contribution >= 0.6 is 22.9 Å². The van der Waals surface area contributed by atoms with Crippen molar-refractivity contribution < 1.29 is 18.0 Å². The molecule has 0 spiro atoms. The number of para-hydroxylation sites is 1. The minimum atomic E-state index is -4.36. The van der Waals surface area contributed by atoms with Gasteiger partial charge < -0.3 is 10.2 Å². The highest BCUT2D eigenvalue weighted by atomic mass is 35.5. The molecule has 0 radical (unpaired) electrons. The standard InChI is InChI=1S/C20H18ClF3N4OS/c21-15-5-2-6-16-18(15)26-19(30-16)25-17(29)12-27-7-9-28(10-8-27)14-4-1-3-13(11-14)20(22,23)24/h1-6,11H,7-10,12H2,(H,25,26,29). The first kappa shape index (κ1) is 20.9. The molecule has 1 aliphatic heterocycles. The molecule has 0 saturated carbocycles. The zero-order valence-electron chi connectivity index (χ0n) is 15.7. The lowest BCUT2D eigenvalue weighted by atomic mass is 10.1. The Morgan fingerprint density at radius 3 is 2.57 bits per heavy atom. The largest absolute Gasteiger partial charge is 0.416 e. The van der Waals surface area contributed by atoms with Crippen LogP contribution in [0.15, 0.2) is 42.5 Å². The molecule has 0 unspecified atom stereocenters. The monoisotopic (exact) mass is 454 g/mol. The summed E-state index contributed by atoms with van der Waals surface area (Å²) in [5.74, 6) is -0.183. The Bertz CT molecular complexity index is 1060. The van der Waals surface area contributed by atoms with Gasteiger partial charge in [0.05, 0.1) is 21.8 Å². The molecule has 2 aromatic carbocycles. The van der Waals surface area contributed by atoms with E-state index in [1.54, 1.807) is 12.1 Å². The summed E-state index contributed by atoms with van der Waals surface area (Å²) in [4.78, 5) is 20.6. The molecule has 2 heterocycles. The van der Waals surface area contributed by atoms with E-state index in [1.807, 2.05) is 21.9 Å². The van der Waals surface area contributed by atoms with Gasteiger partial charge in [0, 0.05) is 31.9 Å². The molecule has 1 N–H and O–H groups in total. The number of piperazine rings is 1. The fourth-order valence-electron chi connectivity index (χ4n) is 3.37. The Labute approximate surface area is 180 Å². The molecule has 10 heteroatoms. The normalized spacial score (nSPS) is 15.5. The Kier molecular flexibility index (Phi) is 5.86. The van der Waals surface area contributed by atoms with Gasteiger partial charge in [-0.05, 0) is 30.3 Å². The molecule has 1 saturated heterocycles. The number of carbonyl (C=O) groups excluding carboxylic acids is 1. The molecule has 3 aromatic rings. The van der Waals surface area contributed by atoms with Gasteiger partial charge in [-0.25, -0.2) is 4.98 Å². The van der Waals surface area contributed by atoms with Gasteiger partial charge in [-0.15, -0.1) is 0 Å². The second-order valence-corrected chi connectivity index (χ2v) is 8.40. The van der Waals surface area contributed by atoms with E-state index in [-0.39, 0.29) is 12.5 Å². The molecular formula is C20H18ClF3N4OS. The van der Waals surface area contributed by atoms with E-state index >= 15 is 0 Å². The highest BCUT2D eigenvalue weighted by molar-refractivity contribution is 7.22. The van der Waals surface area contributed by atoms with Gasteiger partial charge in [-0.3, -0.25) is 9.69 Å². The molecule has 0 atom stereocenters. The average molecular weight is 455 g/mol. The Morgan fingerprint density at radius 2 is 1.87 bits per heavy atom. The molecule has 1 aromatic heterocycles. The van der Waals surface area contributed by atoms with Crippen LogP contribution in [0, 0.1) is 0 Å². The van der Waals surface area contributed by atoms with E-state index in [4.69, 9.17) is 11.6 Å². The van der Waals surface area contributed by atoms with Crippen molar-refractivity contribution >= 4 is 49.9 Å². The molecule has 30 heavy (non-hydrogen) atoms. The SMILES string of the molecule is O=C(CN1CCN(c2cccc(C(F)(F)F)c2)CC1)Nc1nc2c(Cl)cccc2s1. The fraction of sp³-hybridized carbons (Fsp3) is 0.300. The summed E-state index contributed by atoms with van der Waals surface area (Å²) in [5.41, 5.74) is 0.548. The first-order chi connectivity index (χ1) is 14.3. The summed E-state index contributed by atoms with van der Waals surface area (Å²) in [6.45, 7) is 2.45. The van der Waals surface area contributed by atoms with Crippen LogP contribution in [-0.2, 0) is 11.0 Å². The zero-order valence-corrected chi connectivity index (χ0v) is 17.3. The molecule has 1 amide bonds. The van der Waals surface area contributed by atoms with Crippen molar-refractivity contribution in [3.05, 3.63) is 53.1 Å². The van der Waals surface area contributed by atoms with Crippen molar-refractivity contribution in [2.45, 2.75) is 6.18 Å². The number of thiazole rings is 1. The molecular weight excluding hydrogens is 437 g/mol. The van der Waals surface area contributed by atoms with Crippen LogP contribution < -0.4 is 10.2 Å². The van der Waals surface area contributed by atoms with Crippen LogP contribution in [0.5, 0.6) is 0 Å².